The minimum atomic E-state index is -4.61. The van der Waals surface area contributed by atoms with Crippen molar-refractivity contribution in [1.82, 2.24) is 4.57 Å². The molecule has 112 heavy (non-hydrogen) atoms. The van der Waals surface area contributed by atoms with E-state index >= 15 is 0 Å². The van der Waals surface area contributed by atoms with Crippen molar-refractivity contribution in [3.05, 3.63) is 404 Å². The fourth-order valence-electron chi connectivity index (χ4n) is 14.5. The van der Waals surface area contributed by atoms with Crippen LogP contribution in [-0.4, -0.2) is 30.6 Å². The van der Waals surface area contributed by atoms with E-state index in [4.69, 9.17) is 69.1 Å². The summed E-state index contributed by atoms with van der Waals surface area (Å²) in [5.41, 5.74) is 70.3. The maximum atomic E-state index is 11.7. The lowest BCUT2D eigenvalue weighted by molar-refractivity contribution is -0.00100. The third-order valence-electron chi connectivity index (χ3n) is 19.8. The fourth-order valence-corrected chi connectivity index (χ4v) is 15.8. The van der Waals surface area contributed by atoms with Gasteiger partial charge in [-0.15, -0.1) is 0 Å². The maximum absolute atomic E-state index is 11.7. The van der Waals surface area contributed by atoms with Crippen LogP contribution in [0.2, 0.25) is 10.0 Å². The van der Waals surface area contributed by atoms with Crippen molar-refractivity contribution in [2.75, 3.05) is 63.9 Å². The van der Waals surface area contributed by atoms with Crippen molar-refractivity contribution in [2.24, 2.45) is 7.05 Å². The quantitative estimate of drug-likeness (QED) is 0.0240. The largest absolute Gasteiger partial charge is 1.00 e. The average Bonchev–Trinajstić information content (AvgIpc) is 1.57. The van der Waals surface area contributed by atoms with Crippen LogP contribution in [0.25, 0.3) is 32.9 Å². The first-order valence-corrected chi connectivity index (χ1v) is 38.1. The minimum Gasteiger partial charge on any atom is -1.00 e. The van der Waals surface area contributed by atoms with Crippen molar-refractivity contribution in [2.45, 2.75) is 42.4 Å². The molecule has 0 spiro atoms. The minimum absolute atomic E-state index is 0. The summed E-state index contributed by atoms with van der Waals surface area (Å²) in [5.74, 6) is -0.372. The second-order valence-electron chi connectivity index (χ2n) is 26.8. The van der Waals surface area contributed by atoms with Crippen LogP contribution in [-0.2, 0) is 17.2 Å². The molecular formula is C93H87Cl5N10O3S-4. The smallest absolute Gasteiger partial charge is 0.124 e. The molecule has 13 nitrogen and oxygen atoms in total. The molecule has 0 amide bonds. The van der Waals surface area contributed by atoms with Gasteiger partial charge in [-0.2, -0.15) is 0 Å². The average molecular weight is 1600 g/mol. The predicted molar refractivity (Wildman–Crippen MR) is 457 cm³/mol. The summed E-state index contributed by atoms with van der Waals surface area (Å²) >= 11 is 12.9. The molecule has 0 saturated heterocycles. The second kappa shape index (κ2) is 38.4. The van der Waals surface area contributed by atoms with E-state index < -0.39 is 16.0 Å². The zero-order valence-electron chi connectivity index (χ0n) is 61.9. The highest BCUT2D eigenvalue weighted by molar-refractivity contribution is 7.85. The van der Waals surface area contributed by atoms with Crippen molar-refractivity contribution < 1.29 is 50.2 Å². The number of para-hydroxylation sites is 1. The van der Waals surface area contributed by atoms with E-state index in [1.807, 2.05) is 140 Å². The van der Waals surface area contributed by atoms with Crippen LogP contribution >= 0.6 is 23.2 Å². The van der Waals surface area contributed by atoms with Crippen molar-refractivity contribution in [1.29, 1.82) is 0 Å². The highest BCUT2D eigenvalue weighted by Crippen LogP contribution is 2.46. The lowest BCUT2D eigenvalue weighted by Crippen LogP contribution is -3.00. The number of halogens is 5. The summed E-state index contributed by atoms with van der Waals surface area (Å²) in [4.78, 5) is 2.18. The first-order valence-electron chi connectivity index (χ1n) is 35.9. The fraction of sp³-hybridized carbons (Fsp3) is 0.0968. The lowest BCUT2D eigenvalue weighted by atomic mass is 9.82. The topological polar surface area (TPSA) is 274 Å². The zero-order valence-corrected chi connectivity index (χ0v) is 66.5. The van der Waals surface area contributed by atoms with Gasteiger partial charge in [0.1, 0.15) is 10.1 Å². The molecule has 0 bridgehead atoms. The van der Waals surface area contributed by atoms with Gasteiger partial charge in [0.25, 0.3) is 0 Å². The van der Waals surface area contributed by atoms with Crippen molar-refractivity contribution in [3.8, 4) is 11.3 Å². The molecule has 1 aromatic heterocycles. The third kappa shape index (κ3) is 19.6. The van der Waals surface area contributed by atoms with E-state index in [0.717, 1.165) is 75.0 Å². The van der Waals surface area contributed by atoms with Gasteiger partial charge in [-0.25, -0.2) is 8.42 Å². The molecule has 0 aliphatic rings. The molecule has 1 heterocycles. The van der Waals surface area contributed by atoms with E-state index in [0.29, 0.717) is 27.0 Å². The number of anilines is 9. The normalized spacial score (nSPS) is 10.9. The second-order valence-corrected chi connectivity index (χ2v) is 29.0. The van der Waals surface area contributed by atoms with Crippen LogP contribution in [0.1, 0.15) is 104 Å². The summed E-state index contributed by atoms with van der Waals surface area (Å²) in [7, 11) is -2.46. The molecule has 16 N–H and O–H groups in total. The Morgan fingerprint density at radius 2 is 0.634 bits per heavy atom. The van der Waals surface area contributed by atoms with Crippen LogP contribution in [0.3, 0.4) is 0 Å². The van der Waals surface area contributed by atoms with Crippen LogP contribution in [0.4, 0.5) is 51.2 Å². The molecule has 0 atom stereocenters. The first kappa shape index (κ1) is 84.5. The molecule has 14 aromatic carbocycles. The number of aromatic nitrogens is 1. The molecule has 19 heteroatoms. The lowest BCUT2D eigenvalue weighted by Gasteiger charge is -2.26. The van der Waals surface area contributed by atoms with Gasteiger partial charge in [0, 0.05) is 127 Å². The van der Waals surface area contributed by atoms with Gasteiger partial charge in [-0.05, 0) is 213 Å². The number of hydrogen-bond acceptors (Lipinski definition) is 12. The first-order chi connectivity index (χ1) is 52.7. The van der Waals surface area contributed by atoms with Gasteiger partial charge < -0.3 is 97.1 Å². The number of rotatable bonds is 17. The summed E-state index contributed by atoms with van der Waals surface area (Å²) in [6.45, 7) is 6.38. The molecule has 0 saturated carbocycles. The molecule has 0 fully saturated rings. The Bertz CT molecular complexity index is 5490. The monoisotopic (exact) mass is 1600 g/mol. The van der Waals surface area contributed by atoms with Gasteiger partial charge in [0.15, 0.2) is 0 Å². The highest BCUT2D eigenvalue weighted by Gasteiger charge is 2.29. The van der Waals surface area contributed by atoms with E-state index in [-0.39, 0.29) is 59.9 Å². The van der Waals surface area contributed by atoms with Crippen LogP contribution in [0.15, 0.2) is 332 Å². The molecular weight excluding hydrogens is 1510 g/mol. The molecule has 15 aromatic rings. The van der Waals surface area contributed by atoms with E-state index in [1.165, 1.54) is 84.1 Å². The van der Waals surface area contributed by atoms with Gasteiger partial charge >= 0.3 is 0 Å². The van der Waals surface area contributed by atoms with Crippen molar-refractivity contribution in [3.63, 3.8) is 0 Å². The van der Waals surface area contributed by atoms with Gasteiger partial charge in [0.05, 0.1) is 10.6 Å². The molecule has 0 radical (unpaired) electrons. The van der Waals surface area contributed by atoms with Gasteiger partial charge in [0.2, 0.25) is 0 Å². The Kier molecular flexibility index (Phi) is 28.9. The van der Waals surface area contributed by atoms with Crippen LogP contribution in [0.5, 0.6) is 0 Å². The molecule has 0 unspecified atom stereocenters. The van der Waals surface area contributed by atoms with E-state index in [2.05, 4.69) is 170 Å². The van der Waals surface area contributed by atoms with Gasteiger partial charge in [-0.3, -0.25) is 0 Å². The third-order valence-corrected chi connectivity index (χ3v) is 21.3. The summed E-state index contributed by atoms with van der Waals surface area (Å²) in [5, 5.41) is 5.09. The maximum Gasteiger partial charge on any atom is 0.124 e. The Labute approximate surface area is 684 Å². The highest BCUT2D eigenvalue weighted by atomic mass is 35.5. The molecule has 572 valence electrons. The predicted octanol–water partition coefficient (Wildman–Crippen LogP) is 11.5. The number of aryl methyl sites for hydroxylation is 1. The van der Waals surface area contributed by atoms with Gasteiger partial charge in [-0.1, -0.05) is 223 Å². The summed E-state index contributed by atoms with van der Waals surface area (Å²) < 4.78 is 37.5. The van der Waals surface area contributed by atoms with Crippen LogP contribution < -0.4 is 88.0 Å². The molecule has 0 aliphatic carbocycles. The Morgan fingerprint density at radius 3 is 1.00 bits per heavy atom. The standard InChI is InChI=1S/C28H25N3.C27H29N3.C19H16Cl2N2.C19H18N2O3S.3ClH/c1-31-25-10-6-5-9-24(25)27(28(31)21-7-3-2-4-8-21)26(19-11-15-22(29)16-12-19)20-13-17-23(30)18-14-20;1-3-30(4-2)26-18-17-25(23-7-5-6-8-24(23)26)27(19-9-13-21(28)14-10-19)20-11-15-22(29)16-12-20;20-16-2-1-3-17(21)19(16)18(12-4-8-14(22)9-5-12)13-6-10-15(23)11-7-13;20-15-9-5-13(6-10-15)19(14-7-11-16(21)12-8-14)17-3-1-2-4-18(17)25(22,23)24;;;/h2-18,26H,29-30H2,1H3;5-18,27H,3-4,28-29H2,1-2H3;1-11,18H,22-23H2;1-12,19H,20-21H2,(H,22,23,24);3*1H/p-4. The number of hydrogen-bond donors (Lipinski definition) is 8. The molecule has 15 rings (SSSR count). The van der Waals surface area contributed by atoms with E-state index in [9.17, 15) is 13.0 Å². The number of nitrogen functional groups attached to an aromatic ring is 8. The summed E-state index contributed by atoms with van der Waals surface area (Å²) in [6, 6.07) is 107. The molecule has 0 aliphatic heterocycles. The zero-order chi connectivity index (χ0) is 76.9. The van der Waals surface area contributed by atoms with Crippen LogP contribution in [0, 0.1) is 0 Å². The Balaban J connectivity index is 0.000000171. The number of fused-ring (bicyclic) bond motifs is 2. The number of nitrogens with two attached hydrogens (primary N) is 8. The summed E-state index contributed by atoms with van der Waals surface area (Å²) in [6.07, 6.45) is 0. The number of benzene rings is 14. The van der Waals surface area contributed by atoms with Crippen molar-refractivity contribution >= 4 is 106 Å². The number of nitrogens with zero attached hydrogens (tertiary/aromatic N) is 2. The Morgan fingerprint density at radius 1 is 0.330 bits per heavy atom. The van der Waals surface area contributed by atoms with E-state index in [1.54, 1.807) is 36.4 Å². The SMILES string of the molecule is CCN(CC)c1ccc(C(c2ccc(N)cc2)c2ccc(N)cc2)c2ccccc12.Cn1c(-c2ccccc2)c(C(c2ccc(N)cc2)c2ccc(N)cc2)c2ccccc21.Nc1ccc(C(c2ccc(N)cc2)c2c(Cl)cccc2Cl)cc1.Nc1ccc(C(c2ccc(N)cc2)c2ccccc2S(=O)(=O)[O-])cc1.[Cl-].[Cl-].[Cl-]. The Hall–Kier alpha value is -11.6.